The zero-order valence-corrected chi connectivity index (χ0v) is 9.03. The van der Waals surface area contributed by atoms with Crippen LogP contribution >= 0.6 is 7.82 Å². The van der Waals surface area contributed by atoms with Crippen molar-refractivity contribution in [3.8, 4) is 0 Å². The fourth-order valence-electron chi connectivity index (χ4n) is 0.893. The van der Waals surface area contributed by atoms with Crippen molar-refractivity contribution >= 4 is 7.82 Å². The molecule has 0 aliphatic carbocycles. The summed E-state index contributed by atoms with van der Waals surface area (Å²) in [4.78, 5) is 8.95. The number of hydrogen-bond donors (Lipinski definition) is 1. The largest absolute Gasteiger partial charge is 0.472 e. The summed E-state index contributed by atoms with van der Waals surface area (Å²) in [5, 5.41) is 0. The Morgan fingerprint density at radius 3 is 2.43 bits per heavy atom. The van der Waals surface area contributed by atoms with Crippen LogP contribution in [-0.4, -0.2) is 12.0 Å². The van der Waals surface area contributed by atoms with E-state index in [0.29, 0.717) is 0 Å². The van der Waals surface area contributed by atoms with E-state index in [1.165, 1.54) is 0 Å². The number of phosphoric acid groups is 1. The minimum absolute atomic E-state index is 0.0713. The molecule has 4 nitrogen and oxygen atoms in total. The van der Waals surface area contributed by atoms with Gasteiger partial charge in [-0.2, -0.15) is 0 Å². The zero-order valence-electron chi connectivity index (χ0n) is 8.14. The van der Waals surface area contributed by atoms with Gasteiger partial charge in [0, 0.05) is 7.11 Å². The molecule has 0 saturated carbocycles. The number of hydrogen-bond acceptors (Lipinski definition) is 3. The molecule has 5 heteroatoms. The maximum atomic E-state index is 10.9. The van der Waals surface area contributed by atoms with Crippen molar-refractivity contribution in [1.29, 1.82) is 0 Å². The topological polar surface area (TPSA) is 55.8 Å². The molecule has 0 saturated heterocycles. The standard InChI is InChI=1S/C9H13O4P/c1-8-3-5-9(6-4-8)7-13-14(10,11)12-2/h3-6H,7H2,1-2H3,(H,10,11). The summed E-state index contributed by atoms with van der Waals surface area (Å²) >= 11 is 0. The van der Waals surface area contributed by atoms with Crippen molar-refractivity contribution in [2.75, 3.05) is 7.11 Å². The molecule has 14 heavy (non-hydrogen) atoms. The van der Waals surface area contributed by atoms with Gasteiger partial charge >= 0.3 is 7.82 Å². The summed E-state index contributed by atoms with van der Waals surface area (Å²) in [5.41, 5.74) is 1.97. The number of aryl methyl sites for hydroxylation is 1. The van der Waals surface area contributed by atoms with Crippen LogP contribution in [0.3, 0.4) is 0 Å². The fraction of sp³-hybridized carbons (Fsp3) is 0.333. The van der Waals surface area contributed by atoms with Gasteiger partial charge in [0.1, 0.15) is 0 Å². The van der Waals surface area contributed by atoms with E-state index in [9.17, 15) is 4.57 Å². The highest BCUT2D eigenvalue weighted by Crippen LogP contribution is 2.42. The third kappa shape index (κ3) is 3.60. The Hall–Kier alpha value is -0.670. The summed E-state index contributed by atoms with van der Waals surface area (Å²) in [6, 6.07) is 7.50. The molecule has 0 fully saturated rings. The SMILES string of the molecule is COP(=O)(O)OCc1ccc(C)cc1. The van der Waals surface area contributed by atoms with Gasteiger partial charge in [0.25, 0.3) is 0 Å². The average molecular weight is 216 g/mol. The summed E-state index contributed by atoms with van der Waals surface area (Å²) in [6.45, 7) is 2.04. The molecule has 0 amide bonds. The summed E-state index contributed by atoms with van der Waals surface area (Å²) in [5.74, 6) is 0. The molecule has 0 aliphatic rings. The second-order valence-corrected chi connectivity index (χ2v) is 4.47. The van der Waals surface area contributed by atoms with E-state index in [1.807, 2.05) is 31.2 Å². The van der Waals surface area contributed by atoms with Gasteiger partial charge in [-0.15, -0.1) is 0 Å². The van der Waals surface area contributed by atoms with Crippen molar-refractivity contribution < 1.29 is 18.5 Å². The van der Waals surface area contributed by atoms with Crippen LogP contribution in [0.5, 0.6) is 0 Å². The van der Waals surface area contributed by atoms with Gasteiger partial charge in [-0.3, -0.25) is 9.05 Å². The predicted molar refractivity (Wildman–Crippen MR) is 52.8 cm³/mol. The first-order valence-electron chi connectivity index (χ1n) is 4.12. The van der Waals surface area contributed by atoms with Crippen LogP contribution in [0.2, 0.25) is 0 Å². The maximum absolute atomic E-state index is 10.9. The highest BCUT2D eigenvalue weighted by atomic mass is 31.2. The Labute approximate surface area is 83.1 Å². The minimum atomic E-state index is -3.85. The lowest BCUT2D eigenvalue weighted by Gasteiger charge is -2.08. The molecule has 0 spiro atoms. The lowest BCUT2D eigenvalue weighted by Crippen LogP contribution is -1.92. The van der Waals surface area contributed by atoms with Crippen LogP contribution in [0.4, 0.5) is 0 Å². The lowest BCUT2D eigenvalue weighted by atomic mass is 10.2. The number of benzene rings is 1. The van der Waals surface area contributed by atoms with Crippen molar-refractivity contribution in [3.63, 3.8) is 0 Å². The van der Waals surface area contributed by atoms with Crippen LogP contribution in [-0.2, 0) is 20.2 Å². The van der Waals surface area contributed by atoms with Gasteiger partial charge in [-0.25, -0.2) is 4.57 Å². The van der Waals surface area contributed by atoms with E-state index >= 15 is 0 Å². The van der Waals surface area contributed by atoms with Gasteiger partial charge in [0.05, 0.1) is 6.61 Å². The Morgan fingerprint density at radius 2 is 1.93 bits per heavy atom. The van der Waals surface area contributed by atoms with Crippen molar-refractivity contribution in [2.24, 2.45) is 0 Å². The van der Waals surface area contributed by atoms with Crippen molar-refractivity contribution in [3.05, 3.63) is 35.4 Å². The van der Waals surface area contributed by atoms with E-state index in [2.05, 4.69) is 4.52 Å². The third-order valence-corrected chi connectivity index (χ3v) is 2.66. The molecule has 0 bridgehead atoms. The van der Waals surface area contributed by atoms with Crippen LogP contribution in [0.25, 0.3) is 0 Å². The minimum Gasteiger partial charge on any atom is -0.302 e. The lowest BCUT2D eigenvalue weighted by molar-refractivity contribution is 0.166. The van der Waals surface area contributed by atoms with Crippen molar-refractivity contribution in [1.82, 2.24) is 0 Å². The first-order chi connectivity index (χ1) is 6.53. The molecule has 1 N–H and O–H groups in total. The Bertz CT molecular complexity index is 333. The molecule has 1 rings (SSSR count). The second-order valence-electron chi connectivity index (χ2n) is 2.91. The molecule has 0 heterocycles. The summed E-state index contributed by atoms with van der Waals surface area (Å²) in [6.07, 6.45) is 0. The highest BCUT2D eigenvalue weighted by Gasteiger charge is 2.17. The van der Waals surface area contributed by atoms with E-state index in [-0.39, 0.29) is 6.61 Å². The van der Waals surface area contributed by atoms with E-state index in [4.69, 9.17) is 9.42 Å². The van der Waals surface area contributed by atoms with E-state index < -0.39 is 7.82 Å². The second kappa shape index (κ2) is 4.71. The molecule has 1 aromatic carbocycles. The number of phosphoric ester groups is 1. The molecule has 1 atom stereocenters. The molecule has 0 aliphatic heterocycles. The molecule has 0 radical (unpaired) electrons. The van der Waals surface area contributed by atoms with Crippen LogP contribution in [0.1, 0.15) is 11.1 Å². The monoisotopic (exact) mass is 216 g/mol. The van der Waals surface area contributed by atoms with Crippen LogP contribution in [0, 0.1) is 6.92 Å². The summed E-state index contributed by atoms with van der Waals surface area (Å²) in [7, 11) is -2.72. The first-order valence-corrected chi connectivity index (χ1v) is 5.62. The van der Waals surface area contributed by atoms with Gasteiger partial charge in [-0.1, -0.05) is 29.8 Å². The quantitative estimate of drug-likeness (QED) is 0.784. The molecule has 1 aromatic rings. The molecule has 1 unspecified atom stereocenters. The Morgan fingerprint density at radius 1 is 1.36 bits per heavy atom. The normalized spacial score (nSPS) is 15.1. The third-order valence-electron chi connectivity index (χ3n) is 1.75. The predicted octanol–water partition coefficient (Wildman–Crippen LogP) is 2.26. The molecule has 0 aromatic heterocycles. The van der Waals surface area contributed by atoms with Gasteiger partial charge in [0.15, 0.2) is 0 Å². The van der Waals surface area contributed by atoms with Gasteiger partial charge in [-0.05, 0) is 12.5 Å². The van der Waals surface area contributed by atoms with Crippen molar-refractivity contribution in [2.45, 2.75) is 13.5 Å². The smallest absolute Gasteiger partial charge is 0.302 e. The maximum Gasteiger partial charge on any atom is 0.472 e. The van der Waals surface area contributed by atoms with Crippen LogP contribution < -0.4 is 0 Å². The number of rotatable bonds is 4. The van der Waals surface area contributed by atoms with E-state index in [0.717, 1.165) is 18.2 Å². The Kier molecular flexibility index (Phi) is 3.84. The summed E-state index contributed by atoms with van der Waals surface area (Å²) < 4.78 is 19.9. The highest BCUT2D eigenvalue weighted by molar-refractivity contribution is 7.47. The first kappa shape index (κ1) is 11.4. The zero-order chi connectivity index (χ0) is 10.6. The fourth-order valence-corrected chi connectivity index (χ4v) is 1.31. The molecular formula is C9H13O4P. The Balaban J connectivity index is 2.54. The van der Waals surface area contributed by atoms with Gasteiger partial charge in [0.2, 0.25) is 0 Å². The van der Waals surface area contributed by atoms with Gasteiger partial charge < -0.3 is 4.89 Å². The molecule has 78 valence electrons. The molecular weight excluding hydrogens is 203 g/mol. The van der Waals surface area contributed by atoms with Crippen LogP contribution in [0.15, 0.2) is 24.3 Å². The average Bonchev–Trinajstić information content (AvgIpc) is 2.17. The van der Waals surface area contributed by atoms with E-state index in [1.54, 1.807) is 0 Å².